The van der Waals surface area contributed by atoms with Crippen LogP contribution in [0.3, 0.4) is 0 Å². The molecule has 2 heterocycles. The van der Waals surface area contributed by atoms with Crippen molar-refractivity contribution in [2.75, 3.05) is 19.6 Å². The molecule has 106 valence electrons. The number of nitrogens with zero attached hydrogens (tertiary/aromatic N) is 1. The molecule has 1 N–H and O–H groups in total. The summed E-state index contributed by atoms with van der Waals surface area (Å²) in [7, 11) is 0. The third-order valence-corrected chi connectivity index (χ3v) is 4.91. The van der Waals surface area contributed by atoms with E-state index in [0.29, 0.717) is 0 Å². The highest BCUT2D eigenvalue weighted by Crippen LogP contribution is 2.28. The maximum Gasteiger partial charge on any atom is 0.0774 e. The maximum atomic E-state index is 3.30. The average Bonchev–Trinajstić information content (AvgIpc) is 2.93. The molecule has 1 fully saturated rings. The van der Waals surface area contributed by atoms with Gasteiger partial charge in [-0.25, -0.2) is 0 Å². The molecule has 20 heavy (non-hydrogen) atoms. The minimum atomic E-state index is 0.753. The highest BCUT2D eigenvalue weighted by molar-refractivity contribution is 14.1. The van der Waals surface area contributed by atoms with Crippen molar-refractivity contribution in [3.63, 3.8) is 0 Å². The molecule has 0 atom stereocenters. The molecule has 0 aliphatic carbocycles. The number of aromatic nitrogens is 1. The van der Waals surface area contributed by atoms with E-state index in [1.165, 1.54) is 53.7 Å². The second-order valence-corrected chi connectivity index (χ2v) is 6.79. The van der Waals surface area contributed by atoms with Gasteiger partial charge in [0.25, 0.3) is 0 Å². The Morgan fingerprint density at radius 3 is 2.55 bits per heavy atom. The minimum Gasteiger partial charge on any atom is -0.356 e. The van der Waals surface area contributed by atoms with E-state index in [2.05, 4.69) is 75.1 Å². The first-order chi connectivity index (χ1) is 9.81. The van der Waals surface area contributed by atoms with Crippen LogP contribution in [0.25, 0.3) is 0 Å². The molecule has 1 aromatic heterocycles. The van der Waals surface area contributed by atoms with Gasteiger partial charge in [0.15, 0.2) is 0 Å². The topological polar surface area (TPSA) is 19.0 Å². The normalized spacial score (nSPS) is 17.4. The molecule has 0 spiro atoms. The molecule has 2 nitrogen and oxygen atoms in total. The van der Waals surface area contributed by atoms with E-state index in [0.717, 1.165) is 5.92 Å². The molecule has 0 bridgehead atoms. The Balaban J connectivity index is 1.47. The summed E-state index contributed by atoms with van der Waals surface area (Å²) in [5, 5.41) is 0. The zero-order chi connectivity index (χ0) is 13.8. The van der Waals surface area contributed by atoms with E-state index in [9.17, 15) is 0 Å². The Labute approximate surface area is 134 Å². The van der Waals surface area contributed by atoms with Gasteiger partial charge in [0.05, 0.1) is 3.70 Å². The van der Waals surface area contributed by atoms with Crippen LogP contribution in [0.5, 0.6) is 0 Å². The highest BCUT2D eigenvalue weighted by atomic mass is 127. The number of likely N-dealkylation sites (tertiary alicyclic amines) is 1. The van der Waals surface area contributed by atoms with Crippen molar-refractivity contribution in [2.24, 2.45) is 0 Å². The van der Waals surface area contributed by atoms with Crippen LogP contribution in [0.1, 0.15) is 29.9 Å². The summed E-state index contributed by atoms with van der Waals surface area (Å²) in [6.45, 7) is 3.67. The van der Waals surface area contributed by atoms with E-state index < -0.39 is 0 Å². The molecule has 0 unspecified atom stereocenters. The number of hydrogen-bond donors (Lipinski definition) is 1. The fraction of sp³-hybridized carbons (Fsp3) is 0.412. The highest BCUT2D eigenvalue weighted by Gasteiger charge is 2.20. The van der Waals surface area contributed by atoms with E-state index in [1.807, 2.05) is 0 Å². The Kier molecular flexibility index (Phi) is 4.78. The Morgan fingerprint density at radius 2 is 1.90 bits per heavy atom. The maximum absolute atomic E-state index is 3.30. The van der Waals surface area contributed by atoms with Crippen molar-refractivity contribution in [1.29, 1.82) is 0 Å². The first kappa shape index (κ1) is 14.1. The predicted octanol–water partition coefficient (Wildman–Crippen LogP) is 4.04. The second-order valence-electron chi connectivity index (χ2n) is 5.63. The van der Waals surface area contributed by atoms with Gasteiger partial charge in [-0.05, 0) is 78.1 Å². The molecule has 1 aromatic carbocycles. The van der Waals surface area contributed by atoms with Gasteiger partial charge < -0.3 is 9.88 Å². The minimum absolute atomic E-state index is 0.753. The van der Waals surface area contributed by atoms with E-state index in [-0.39, 0.29) is 0 Å². The Bertz CT molecular complexity index is 527. The van der Waals surface area contributed by atoms with Crippen LogP contribution in [0, 0.1) is 3.70 Å². The summed E-state index contributed by atoms with van der Waals surface area (Å²) in [5.74, 6) is 0.753. The molecule has 2 aromatic rings. The van der Waals surface area contributed by atoms with Gasteiger partial charge in [0, 0.05) is 12.7 Å². The van der Waals surface area contributed by atoms with E-state index in [1.54, 1.807) is 0 Å². The van der Waals surface area contributed by atoms with Gasteiger partial charge in [-0.15, -0.1) is 0 Å². The molecule has 1 aliphatic rings. The number of benzene rings is 1. The zero-order valence-electron chi connectivity index (χ0n) is 11.7. The van der Waals surface area contributed by atoms with Crippen molar-refractivity contribution in [2.45, 2.75) is 25.2 Å². The SMILES string of the molecule is Ic1cc(C2CCN(CCc3ccccc3)CC2)c[nH]1. The molecule has 3 heteroatoms. The van der Waals surface area contributed by atoms with Crippen molar-refractivity contribution in [3.8, 4) is 0 Å². The van der Waals surface area contributed by atoms with Crippen LogP contribution in [-0.2, 0) is 6.42 Å². The Hall–Kier alpha value is -0.810. The summed E-state index contributed by atoms with van der Waals surface area (Å²) in [5.41, 5.74) is 2.95. The molecule has 0 amide bonds. The van der Waals surface area contributed by atoms with Crippen LogP contribution < -0.4 is 0 Å². The van der Waals surface area contributed by atoms with Crippen LogP contribution in [0.2, 0.25) is 0 Å². The standard InChI is InChI=1S/C17H21IN2/c18-17-12-16(13-19-17)15-7-10-20(11-8-15)9-6-14-4-2-1-3-5-14/h1-5,12-13,15,19H,6-11H2. The number of hydrogen-bond acceptors (Lipinski definition) is 1. The number of rotatable bonds is 4. The molecule has 0 saturated carbocycles. The van der Waals surface area contributed by atoms with Crippen molar-refractivity contribution in [3.05, 3.63) is 57.4 Å². The number of halogens is 1. The van der Waals surface area contributed by atoms with Gasteiger partial charge in [-0.2, -0.15) is 0 Å². The fourth-order valence-electron chi connectivity index (χ4n) is 3.04. The number of piperidine rings is 1. The van der Waals surface area contributed by atoms with Crippen LogP contribution in [0.4, 0.5) is 0 Å². The predicted molar refractivity (Wildman–Crippen MR) is 92.1 cm³/mol. The molecular formula is C17H21IN2. The van der Waals surface area contributed by atoms with Crippen LogP contribution >= 0.6 is 22.6 Å². The lowest BCUT2D eigenvalue weighted by molar-refractivity contribution is 0.214. The number of H-pyrrole nitrogens is 1. The van der Waals surface area contributed by atoms with Gasteiger partial charge in [-0.1, -0.05) is 30.3 Å². The Morgan fingerprint density at radius 1 is 1.15 bits per heavy atom. The van der Waals surface area contributed by atoms with Crippen LogP contribution in [-0.4, -0.2) is 29.5 Å². The van der Waals surface area contributed by atoms with Crippen LogP contribution in [0.15, 0.2) is 42.6 Å². The van der Waals surface area contributed by atoms with Crippen molar-refractivity contribution < 1.29 is 0 Å². The van der Waals surface area contributed by atoms with E-state index >= 15 is 0 Å². The van der Waals surface area contributed by atoms with E-state index in [4.69, 9.17) is 0 Å². The monoisotopic (exact) mass is 380 g/mol. The average molecular weight is 380 g/mol. The summed E-state index contributed by atoms with van der Waals surface area (Å²) in [4.78, 5) is 5.91. The summed E-state index contributed by atoms with van der Waals surface area (Å²) < 4.78 is 1.25. The third kappa shape index (κ3) is 3.64. The molecule has 1 aliphatic heterocycles. The smallest absolute Gasteiger partial charge is 0.0774 e. The van der Waals surface area contributed by atoms with Gasteiger partial charge >= 0.3 is 0 Å². The summed E-state index contributed by atoms with van der Waals surface area (Å²) >= 11 is 2.35. The molecule has 0 radical (unpaired) electrons. The number of aromatic amines is 1. The lowest BCUT2D eigenvalue weighted by Gasteiger charge is -2.31. The fourth-order valence-corrected chi connectivity index (χ4v) is 3.55. The van der Waals surface area contributed by atoms with Gasteiger partial charge in [0.1, 0.15) is 0 Å². The molecular weight excluding hydrogens is 359 g/mol. The first-order valence-corrected chi connectivity index (χ1v) is 8.49. The zero-order valence-corrected chi connectivity index (χ0v) is 13.8. The molecule has 1 saturated heterocycles. The largest absolute Gasteiger partial charge is 0.356 e. The lowest BCUT2D eigenvalue weighted by atomic mass is 9.91. The van der Waals surface area contributed by atoms with Gasteiger partial charge in [-0.3, -0.25) is 0 Å². The van der Waals surface area contributed by atoms with Crippen molar-refractivity contribution >= 4 is 22.6 Å². The second kappa shape index (κ2) is 6.76. The quantitative estimate of drug-likeness (QED) is 0.794. The number of nitrogens with one attached hydrogen (secondary N) is 1. The van der Waals surface area contributed by atoms with Gasteiger partial charge in [0.2, 0.25) is 0 Å². The third-order valence-electron chi connectivity index (χ3n) is 4.29. The summed E-state index contributed by atoms with van der Waals surface area (Å²) in [6, 6.07) is 13.1. The molecule has 3 rings (SSSR count). The lowest BCUT2D eigenvalue weighted by Crippen LogP contribution is -2.34. The van der Waals surface area contributed by atoms with Crippen molar-refractivity contribution in [1.82, 2.24) is 9.88 Å². The summed E-state index contributed by atoms with van der Waals surface area (Å²) in [6.07, 6.45) is 5.95. The first-order valence-electron chi connectivity index (χ1n) is 7.41.